The van der Waals surface area contributed by atoms with Gasteiger partial charge in [0.15, 0.2) is 5.92 Å². The molecule has 0 saturated carbocycles. The van der Waals surface area contributed by atoms with E-state index in [1.54, 1.807) is 13.8 Å². The molecule has 0 bridgehead atoms. The van der Waals surface area contributed by atoms with Gasteiger partial charge in [-0.2, -0.15) is 0 Å². The minimum atomic E-state index is -0.998. The van der Waals surface area contributed by atoms with Gasteiger partial charge in [0, 0.05) is 0 Å². The lowest BCUT2D eigenvalue weighted by molar-refractivity contribution is -0.165. The zero-order valence-corrected chi connectivity index (χ0v) is 13.0. The first-order valence-electron chi connectivity index (χ1n) is 7.07. The van der Waals surface area contributed by atoms with Gasteiger partial charge in [-0.05, 0) is 33.5 Å². The molecular weight excluding hydrogens is 270 g/mol. The van der Waals surface area contributed by atoms with Crippen molar-refractivity contribution in [3.05, 3.63) is 35.9 Å². The number of hydrogen-bond acceptors (Lipinski definition) is 5. The Hall–Kier alpha value is -1.88. The van der Waals surface area contributed by atoms with Crippen molar-refractivity contribution < 1.29 is 19.1 Å². The van der Waals surface area contributed by atoms with E-state index in [0.717, 1.165) is 5.56 Å². The maximum atomic E-state index is 12.2. The number of rotatable bonds is 7. The monoisotopic (exact) mass is 293 g/mol. The summed E-state index contributed by atoms with van der Waals surface area (Å²) in [7, 11) is 3.65. The van der Waals surface area contributed by atoms with Gasteiger partial charge in [0.1, 0.15) is 0 Å². The smallest absolute Gasteiger partial charge is 0.322 e. The molecule has 0 aliphatic carbocycles. The summed E-state index contributed by atoms with van der Waals surface area (Å²) in [6.45, 7) is 3.88. The van der Waals surface area contributed by atoms with Crippen molar-refractivity contribution in [3.63, 3.8) is 0 Å². The largest absolute Gasteiger partial charge is 0.465 e. The maximum absolute atomic E-state index is 12.2. The van der Waals surface area contributed by atoms with Gasteiger partial charge in [-0.15, -0.1) is 0 Å². The highest BCUT2D eigenvalue weighted by Crippen LogP contribution is 2.29. The van der Waals surface area contributed by atoms with Gasteiger partial charge in [0.05, 0.1) is 19.3 Å². The van der Waals surface area contributed by atoms with Crippen molar-refractivity contribution in [2.45, 2.75) is 19.9 Å². The minimum Gasteiger partial charge on any atom is -0.465 e. The third-order valence-electron chi connectivity index (χ3n) is 3.09. The summed E-state index contributed by atoms with van der Waals surface area (Å²) in [6, 6.07) is 8.98. The molecule has 0 fully saturated rings. The third-order valence-corrected chi connectivity index (χ3v) is 3.09. The standard InChI is InChI=1S/C16H23NO4/c1-5-20-15(18)13(16(19)21-6-2)14(17(3)4)12-10-8-7-9-11-12/h7-11,13-14H,5-6H2,1-4H3/t14-/m1/s1. The predicted octanol–water partition coefficient (Wildman–Crippen LogP) is 2.03. The molecule has 1 atom stereocenters. The Morgan fingerprint density at radius 3 is 1.86 bits per heavy atom. The van der Waals surface area contributed by atoms with Crippen LogP contribution in [-0.4, -0.2) is 44.1 Å². The van der Waals surface area contributed by atoms with E-state index >= 15 is 0 Å². The van der Waals surface area contributed by atoms with E-state index in [1.807, 2.05) is 49.3 Å². The van der Waals surface area contributed by atoms with Crippen LogP contribution in [0.25, 0.3) is 0 Å². The van der Waals surface area contributed by atoms with Crippen LogP contribution >= 0.6 is 0 Å². The molecule has 0 unspecified atom stereocenters. The lowest BCUT2D eigenvalue weighted by Gasteiger charge is -2.30. The van der Waals surface area contributed by atoms with Crippen molar-refractivity contribution >= 4 is 11.9 Å². The topological polar surface area (TPSA) is 55.8 Å². The maximum Gasteiger partial charge on any atom is 0.322 e. The van der Waals surface area contributed by atoms with Crippen LogP contribution in [0.15, 0.2) is 30.3 Å². The Morgan fingerprint density at radius 2 is 1.48 bits per heavy atom. The summed E-state index contributed by atoms with van der Waals surface area (Å²) in [6.07, 6.45) is 0. The fourth-order valence-electron chi connectivity index (χ4n) is 2.26. The molecule has 1 aromatic rings. The SMILES string of the molecule is CCOC(=O)C(C(=O)OCC)[C@@H](c1ccccc1)N(C)C. The van der Waals surface area contributed by atoms with Crippen molar-refractivity contribution in [2.75, 3.05) is 27.3 Å². The van der Waals surface area contributed by atoms with Crippen molar-refractivity contribution in [2.24, 2.45) is 5.92 Å². The number of ether oxygens (including phenoxy) is 2. The second-order valence-electron chi connectivity index (χ2n) is 4.80. The van der Waals surface area contributed by atoms with Crippen LogP contribution in [0.4, 0.5) is 0 Å². The molecule has 0 saturated heterocycles. The van der Waals surface area contributed by atoms with E-state index in [-0.39, 0.29) is 13.2 Å². The summed E-state index contributed by atoms with van der Waals surface area (Å²) >= 11 is 0. The van der Waals surface area contributed by atoms with Crippen LogP contribution in [0.2, 0.25) is 0 Å². The zero-order chi connectivity index (χ0) is 15.8. The lowest BCUT2D eigenvalue weighted by Crippen LogP contribution is -2.39. The van der Waals surface area contributed by atoms with Gasteiger partial charge < -0.3 is 14.4 Å². The van der Waals surface area contributed by atoms with Crippen molar-refractivity contribution in [1.29, 1.82) is 0 Å². The number of carbonyl (C=O) groups is 2. The van der Waals surface area contributed by atoms with Gasteiger partial charge >= 0.3 is 11.9 Å². The molecule has 0 N–H and O–H groups in total. The Labute approximate surface area is 125 Å². The first-order chi connectivity index (χ1) is 10.0. The summed E-state index contributed by atoms with van der Waals surface area (Å²) in [5, 5.41) is 0. The van der Waals surface area contributed by atoms with Crippen LogP contribution in [0, 0.1) is 5.92 Å². The molecule has 0 heterocycles. The van der Waals surface area contributed by atoms with Gasteiger partial charge in [-0.3, -0.25) is 9.59 Å². The van der Waals surface area contributed by atoms with E-state index in [1.165, 1.54) is 0 Å². The number of hydrogen-bond donors (Lipinski definition) is 0. The highest BCUT2D eigenvalue weighted by atomic mass is 16.6. The highest BCUT2D eigenvalue weighted by molar-refractivity contribution is 5.96. The second-order valence-corrected chi connectivity index (χ2v) is 4.80. The van der Waals surface area contributed by atoms with Crippen LogP contribution in [-0.2, 0) is 19.1 Å². The molecular formula is C16H23NO4. The number of esters is 2. The highest BCUT2D eigenvalue weighted by Gasteiger charge is 2.39. The van der Waals surface area contributed by atoms with Crippen LogP contribution in [0.3, 0.4) is 0 Å². The average Bonchev–Trinajstić information content (AvgIpc) is 2.45. The summed E-state index contributed by atoms with van der Waals surface area (Å²) in [5.74, 6) is -2.11. The summed E-state index contributed by atoms with van der Waals surface area (Å²) < 4.78 is 10.1. The van der Waals surface area contributed by atoms with Crippen LogP contribution in [0.1, 0.15) is 25.5 Å². The first-order valence-corrected chi connectivity index (χ1v) is 7.07. The van der Waals surface area contributed by atoms with Crippen molar-refractivity contribution in [3.8, 4) is 0 Å². The molecule has 5 heteroatoms. The molecule has 0 aliphatic rings. The Balaban J connectivity index is 3.18. The molecule has 0 aromatic heterocycles. The molecule has 5 nitrogen and oxygen atoms in total. The van der Waals surface area contributed by atoms with Crippen LogP contribution in [0.5, 0.6) is 0 Å². The molecule has 0 amide bonds. The molecule has 116 valence electrons. The predicted molar refractivity (Wildman–Crippen MR) is 79.6 cm³/mol. The Kier molecular flexibility index (Phi) is 6.88. The van der Waals surface area contributed by atoms with E-state index in [4.69, 9.17) is 9.47 Å². The van der Waals surface area contributed by atoms with E-state index < -0.39 is 23.9 Å². The van der Waals surface area contributed by atoms with Gasteiger partial charge in [-0.25, -0.2) is 0 Å². The number of benzene rings is 1. The van der Waals surface area contributed by atoms with Gasteiger partial charge in [0.25, 0.3) is 0 Å². The fraction of sp³-hybridized carbons (Fsp3) is 0.500. The molecule has 21 heavy (non-hydrogen) atoms. The van der Waals surface area contributed by atoms with E-state index in [9.17, 15) is 9.59 Å². The third kappa shape index (κ3) is 4.56. The van der Waals surface area contributed by atoms with E-state index in [2.05, 4.69) is 0 Å². The average molecular weight is 293 g/mol. The summed E-state index contributed by atoms with van der Waals surface area (Å²) in [4.78, 5) is 26.3. The second kappa shape index (κ2) is 8.42. The van der Waals surface area contributed by atoms with Crippen molar-refractivity contribution in [1.82, 2.24) is 4.90 Å². The number of nitrogens with zero attached hydrogens (tertiary/aromatic N) is 1. The van der Waals surface area contributed by atoms with Crippen LogP contribution < -0.4 is 0 Å². The normalized spacial score (nSPS) is 12.3. The van der Waals surface area contributed by atoms with Gasteiger partial charge in [0.2, 0.25) is 0 Å². The fourth-order valence-corrected chi connectivity index (χ4v) is 2.26. The van der Waals surface area contributed by atoms with E-state index in [0.29, 0.717) is 0 Å². The lowest BCUT2D eigenvalue weighted by atomic mass is 9.92. The first kappa shape index (κ1) is 17.2. The minimum absolute atomic E-state index is 0.226. The Morgan fingerprint density at radius 1 is 1.00 bits per heavy atom. The zero-order valence-electron chi connectivity index (χ0n) is 13.0. The Bertz CT molecular complexity index is 441. The molecule has 0 spiro atoms. The molecule has 0 aliphatic heterocycles. The number of carbonyl (C=O) groups excluding carboxylic acids is 2. The molecule has 1 rings (SSSR count). The van der Waals surface area contributed by atoms with Gasteiger partial charge in [-0.1, -0.05) is 30.3 Å². The molecule has 0 radical (unpaired) electrons. The quantitative estimate of drug-likeness (QED) is 0.569. The molecule has 1 aromatic carbocycles. The summed E-state index contributed by atoms with van der Waals surface area (Å²) in [5.41, 5.74) is 0.869.